The summed E-state index contributed by atoms with van der Waals surface area (Å²) in [6, 6.07) is 1.20. The van der Waals surface area contributed by atoms with Crippen LogP contribution >= 0.6 is 11.8 Å². The number of amides is 1. The smallest absolute Gasteiger partial charge is 0.352 e. The van der Waals surface area contributed by atoms with Gasteiger partial charge in [-0.25, -0.2) is 4.84 Å². The Balaban J connectivity index is 2.17. The minimum atomic E-state index is -4.92. The van der Waals surface area contributed by atoms with Crippen LogP contribution in [0, 0.1) is 5.41 Å². The average Bonchev–Trinajstić information content (AvgIpc) is 2.93. The molecule has 1 unspecified atom stereocenters. The fourth-order valence-electron chi connectivity index (χ4n) is 3.06. The molecule has 146 valence electrons. The Morgan fingerprint density at radius 1 is 1.15 bits per heavy atom. The monoisotopic (exact) mass is 402 g/mol. The molecule has 2 rings (SSSR count). The van der Waals surface area contributed by atoms with Gasteiger partial charge in [-0.3, -0.25) is 4.79 Å². The molecule has 0 radical (unpaired) electrons. The fourth-order valence-corrected chi connectivity index (χ4v) is 3.24. The highest BCUT2D eigenvalue weighted by molar-refractivity contribution is 6.13. The first-order valence-electron chi connectivity index (χ1n) is 7.78. The standard InChI is InChI=1S/C16H17ClF6N2O/c1-14(3-2-12(7-14)25-17)13(26)24-8-9-4-10(15(18,19)20)6-11(5-9)16(21,22)23/h4-6,12,25H,2-3,7-8H2,1H3,(H,24,26)/t12-,14?/m1/s1. The minimum absolute atomic E-state index is 0.0559. The Bertz CT molecular complexity index is 643. The van der Waals surface area contributed by atoms with E-state index in [2.05, 4.69) is 10.2 Å². The Kier molecular flexibility index (Phi) is 5.82. The van der Waals surface area contributed by atoms with E-state index in [-0.39, 0.29) is 17.7 Å². The molecule has 26 heavy (non-hydrogen) atoms. The number of benzene rings is 1. The molecular formula is C16H17ClF6N2O. The van der Waals surface area contributed by atoms with E-state index in [4.69, 9.17) is 11.8 Å². The SMILES string of the molecule is CC1(C(=O)NCc2cc(C(F)(F)F)cc(C(F)(F)F)c2)CC[C@@H](NCl)C1. The Labute approximate surface area is 151 Å². The molecule has 1 aromatic carbocycles. The Morgan fingerprint density at radius 2 is 1.69 bits per heavy atom. The van der Waals surface area contributed by atoms with Crippen LogP contribution in [0.3, 0.4) is 0 Å². The van der Waals surface area contributed by atoms with Gasteiger partial charge in [-0.15, -0.1) is 0 Å². The topological polar surface area (TPSA) is 41.1 Å². The van der Waals surface area contributed by atoms with E-state index >= 15 is 0 Å². The summed E-state index contributed by atoms with van der Waals surface area (Å²) in [4.78, 5) is 14.9. The maximum Gasteiger partial charge on any atom is 0.416 e. The summed E-state index contributed by atoms with van der Waals surface area (Å²) in [5, 5.41) is 2.44. The van der Waals surface area contributed by atoms with Gasteiger partial charge in [0.15, 0.2) is 0 Å². The quantitative estimate of drug-likeness (QED) is 0.569. The van der Waals surface area contributed by atoms with Crippen molar-refractivity contribution in [3.8, 4) is 0 Å². The van der Waals surface area contributed by atoms with Crippen molar-refractivity contribution >= 4 is 17.7 Å². The third-order valence-corrected chi connectivity index (χ3v) is 4.85. The first-order chi connectivity index (χ1) is 11.8. The molecular weight excluding hydrogens is 386 g/mol. The van der Waals surface area contributed by atoms with Crippen molar-refractivity contribution in [1.82, 2.24) is 10.2 Å². The van der Waals surface area contributed by atoms with Gasteiger partial charge < -0.3 is 5.32 Å². The van der Waals surface area contributed by atoms with Crippen molar-refractivity contribution < 1.29 is 31.1 Å². The predicted octanol–water partition coefficient (Wildman–Crippen LogP) is 4.64. The van der Waals surface area contributed by atoms with Gasteiger partial charge in [0.05, 0.1) is 11.1 Å². The zero-order valence-electron chi connectivity index (χ0n) is 13.7. The maximum absolute atomic E-state index is 12.8. The van der Waals surface area contributed by atoms with Crippen LogP contribution in [0.15, 0.2) is 18.2 Å². The summed E-state index contributed by atoms with van der Waals surface area (Å²) in [5.41, 5.74) is -3.86. The highest BCUT2D eigenvalue weighted by atomic mass is 35.5. The third-order valence-electron chi connectivity index (χ3n) is 4.54. The van der Waals surface area contributed by atoms with E-state index < -0.39 is 41.3 Å². The van der Waals surface area contributed by atoms with Crippen molar-refractivity contribution in [3.05, 3.63) is 34.9 Å². The maximum atomic E-state index is 12.8. The molecule has 10 heteroatoms. The zero-order chi connectivity index (χ0) is 19.8. The number of hydrogen-bond donors (Lipinski definition) is 2. The number of carbonyl (C=O) groups excluding carboxylic acids is 1. The molecule has 2 atom stereocenters. The molecule has 0 spiro atoms. The largest absolute Gasteiger partial charge is 0.416 e. The molecule has 1 aromatic rings. The molecule has 0 bridgehead atoms. The lowest BCUT2D eigenvalue weighted by Crippen LogP contribution is -2.38. The third kappa shape index (κ3) is 4.82. The number of carbonyl (C=O) groups is 1. The van der Waals surface area contributed by atoms with Crippen LogP contribution in [0.1, 0.15) is 42.9 Å². The lowest BCUT2D eigenvalue weighted by molar-refractivity contribution is -0.143. The predicted molar refractivity (Wildman–Crippen MR) is 83.0 cm³/mol. The van der Waals surface area contributed by atoms with Gasteiger partial charge in [0.2, 0.25) is 5.91 Å². The van der Waals surface area contributed by atoms with E-state index in [1.807, 2.05) is 0 Å². The number of nitrogens with one attached hydrogen (secondary N) is 2. The van der Waals surface area contributed by atoms with Crippen LogP contribution in [0.5, 0.6) is 0 Å². The molecule has 0 aromatic heterocycles. The van der Waals surface area contributed by atoms with E-state index in [0.717, 1.165) is 0 Å². The highest BCUT2D eigenvalue weighted by Crippen LogP contribution is 2.39. The minimum Gasteiger partial charge on any atom is -0.352 e. The summed E-state index contributed by atoms with van der Waals surface area (Å²) in [6.07, 6.45) is -8.25. The van der Waals surface area contributed by atoms with Crippen LogP contribution in [0.4, 0.5) is 26.3 Å². The summed E-state index contributed by atoms with van der Waals surface area (Å²) >= 11 is 5.54. The molecule has 1 amide bonds. The lowest BCUT2D eigenvalue weighted by Gasteiger charge is -2.23. The van der Waals surface area contributed by atoms with Gasteiger partial charge in [0.1, 0.15) is 0 Å². The van der Waals surface area contributed by atoms with Crippen LogP contribution < -0.4 is 10.2 Å². The number of halogens is 7. The van der Waals surface area contributed by atoms with Gasteiger partial charge in [0, 0.05) is 18.0 Å². The van der Waals surface area contributed by atoms with E-state index in [9.17, 15) is 31.1 Å². The molecule has 1 aliphatic carbocycles. The van der Waals surface area contributed by atoms with Gasteiger partial charge in [-0.2, -0.15) is 26.3 Å². The summed E-state index contributed by atoms with van der Waals surface area (Å²) < 4.78 is 77.1. The summed E-state index contributed by atoms with van der Waals surface area (Å²) in [7, 11) is 0. The van der Waals surface area contributed by atoms with Crippen molar-refractivity contribution in [2.75, 3.05) is 0 Å². The van der Waals surface area contributed by atoms with Crippen LogP contribution in [-0.2, 0) is 23.7 Å². The second-order valence-corrected chi connectivity index (χ2v) is 6.92. The van der Waals surface area contributed by atoms with Gasteiger partial charge in [-0.05, 0) is 54.8 Å². The van der Waals surface area contributed by atoms with Gasteiger partial charge >= 0.3 is 12.4 Å². The number of alkyl halides is 6. The average molecular weight is 403 g/mol. The zero-order valence-corrected chi connectivity index (χ0v) is 14.4. The van der Waals surface area contributed by atoms with Crippen molar-refractivity contribution in [1.29, 1.82) is 0 Å². The van der Waals surface area contributed by atoms with E-state index in [1.165, 1.54) is 0 Å². The number of rotatable bonds is 4. The van der Waals surface area contributed by atoms with Gasteiger partial charge in [0.25, 0.3) is 0 Å². The second kappa shape index (κ2) is 7.26. The molecule has 0 heterocycles. The lowest BCUT2D eigenvalue weighted by atomic mass is 9.87. The molecule has 1 aliphatic rings. The molecule has 2 N–H and O–H groups in total. The fraction of sp³-hybridized carbons (Fsp3) is 0.562. The Morgan fingerprint density at radius 3 is 2.12 bits per heavy atom. The molecule has 1 fully saturated rings. The second-order valence-electron chi connectivity index (χ2n) is 6.71. The first kappa shape index (κ1) is 20.8. The molecule has 1 saturated carbocycles. The van der Waals surface area contributed by atoms with Crippen molar-refractivity contribution in [3.63, 3.8) is 0 Å². The van der Waals surface area contributed by atoms with Crippen LogP contribution in [0.2, 0.25) is 0 Å². The van der Waals surface area contributed by atoms with Gasteiger partial charge in [-0.1, -0.05) is 6.92 Å². The number of hydrogen-bond acceptors (Lipinski definition) is 2. The molecule has 0 saturated heterocycles. The van der Waals surface area contributed by atoms with Crippen molar-refractivity contribution in [2.24, 2.45) is 5.41 Å². The van der Waals surface area contributed by atoms with Crippen LogP contribution in [0.25, 0.3) is 0 Å². The first-order valence-corrected chi connectivity index (χ1v) is 8.16. The summed E-state index contributed by atoms with van der Waals surface area (Å²) in [6.45, 7) is 1.25. The molecule has 3 nitrogen and oxygen atoms in total. The normalized spacial score (nSPS) is 23.9. The molecule has 0 aliphatic heterocycles. The summed E-state index contributed by atoms with van der Waals surface area (Å²) in [5.74, 6) is -0.433. The highest BCUT2D eigenvalue weighted by Gasteiger charge is 2.41. The Hall–Kier alpha value is -1.48. The van der Waals surface area contributed by atoms with Crippen LogP contribution in [-0.4, -0.2) is 11.9 Å². The van der Waals surface area contributed by atoms with Crippen molar-refractivity contribution in [2.45, 2.75) is 51.1 Å². The van der Waals surface area contributed by atoms with E-state index in [0.29, 0.717) is 31.4 Å². The van der Waals surface area contributed by atoms with E-state index in [1.54, 1.807) is 6.92 Å².